The van der Waals surface area contributed by atoms with Crippen molar-refractivity contribution in [1.82, 2.24) is 10.3 Å². The van der Waals surface area contributed by atoms with Gasteiger partial charge in [0.25, 0.3) is 0 Å². The van der Waals surface area contributed by atoms with E-state index >= 15 is 0 Å². The molecule has 0 aliphatic carbocycles. The van der Waals surface area contributed by atoms with Crippen LogP contribution < -0.4 is 5.32 Å². The molecule has 3 heteroatoms. The largest absolute Gasteiger partial charge is 0.310 e. The van der Waals surface area contributed by atoms with Gasteiger partial charge in [0.05, 0.1) is 0 Å². The summed E-state index contributed by atoms with van der Waals surface area (Å²) in [4.78, 5) is 4.22. The van der Waals surface area contributed by atoms with E-state index in [1.807, 2.05) is 18.3 Å². The van der Waals surface area contributed by atoms with Crippen LogP contribution in [-0.2, 0) is 6.42 Å². The zero-order chi connectivity index (χ0) is 14.4. The lowest BCUT2D eigenvalue weighted by atomic mass is 9.97. The number of pyridine rings is 1. The van der Waals surface area contributed by atoms with Crippen molar-refractivity contribution in [2.24, 2.45) is 0 Å². The summed E-state index contributed by atoms with van der Waals surface area (Å²) in [5.41, 5.74) is 3.40. The summed E-state index contributed by atoms with van der Waals surface area (Å²) in [7, 11) is 0. The van der Waals surface area contributed by atoms with Gasteiger partial charge in [0.15, 0.2) is 0 Å². The van der Waals surface area contributed by atoms with Gasteiger partial charge in [-0.2, -0.15) is 0 Å². The summed E-state index contributed by atoms with van der Waals surface area (Å²) < 4.78 is 13.3. The van der Waals surface area contributed by atoms with Crippen LogP contribution in [0.2, 0.25) is 0 Å². The maximum atomic E-state index is 13.3. The molecule has 1 N–H and O–H groups in total. The van der Waals surface area contributed by atoms with Crippen LogP contribution in [-0.4, -0.2) is 11.5 Å². The maximum Gasteiger partial charge on any atom is 0.123 e. The normalized spacial score (nSPS) is 12.3. The van der Waals surface area contributed by atoms with E-state index in [2.05, 4.69) is 24.1 Å². The topological polar surface area (TPSA) is 24.9 Å². The van der Waals surface area contributed by atoms with Gasteiger partial charge in [-0.3, -0.25) is 4.98 Å². The molecule has 0 bridgehead atoms. The molecule has 2 nitrogen and oxygen atoms in total. The molecule has 106 valence electrons. The summed E-state index contributed by atoms with van der Waals surface area (Å²) >= 11 is 0. The average molecular weight is 272 g/mol. The fourth-order valence-electron chi connectivity index (χ4n) is 2.35. The van der Waals surface area contributed by atoms with E-state index in [1.54, 1.807) is 18.3 Å². The molecular formula is C17H21FN2. The quantitative estimate of drug-likeness (QED) is 0.865. The van der Waals surface area contributed by atoms with E-state index in [1.165, 1.54) is 17.2 Å². The third-order valence-electron chi connectivity index (χ3n) is 3.42. The minimum atomic E-state index is -0.181. The standard InChI is InChI=1S/C17H21FN2/c1-3-8-20-17(16-12-19-9-7-13(16)2)11-14-5-4-6-15(18)10-14/h4-7,9-10,12,17,20H,3,8,11H2,1-2H3. The molecule has 0 spiro atoms. The number of rotatable bonds is 6. The molecule has 0 fully saturated rings. The molecule has 0 radical (unpaired) electrons. The van der Waals surface area contributed by atoms with Gasteiger partial charge in [0.1, 0.15) is 5.82 Å². The molecule has 0 saturated carbocycles. The van der Waals surface area contributed by atoms with Gasteiger partial charge in [0.2, 0.25) is 0 Å². The highest BCUT2D eigenvalue weighted by Gasteiger charge is 2.14. The van der Waals surface area contributed by atoms with Crippen LogP contribution in [0.5, 0.6) is 0 Å². The van der Waals surface area contributed by atoms with Crippen molar-refractivity contribution in [3.05, 3.63) is 65.2 Å². The van der Waals surface area contributed by atoms with Gasteiger partial charge in [-0.1, -0.05) is 19.1 Å². The Morgan fingerprint density at radius 2 is 2.15 bits per heavy atom. The van der Waals surface area contributed by atoms with Crippen molar-refractivity contribution >= 4 is 0 Å². The first kappa shape index (κ1) is 14.7. The highest BCUT2D eigenvalue weighted by Crippen LogP contribution is 2.21. The van der Waals surface area contributed by atoms with Gasteiger partial charge < -0.3 is 5.32 Å². The van der Waals surface area contributed by atoms with Gasteiger partial charge in [-0.25, -0.2) is 4.39 Å². The molecule has 0 aliphatic heterocycles. The Balaban J connectivity index is 2.22. The number of halogens is 1. The van der Waals surface area contributed by atoms with Gasteiger partial charge in [-0.05, 0) is 61.2 Å². The Morgan fingerprint density at radius 1 is 1.30 bits per heavy atom. The average Bonchev–Trinajstić information content (AvgIpc) is 2.44. The van der Waals surface area contributed by atoms with E-state index in [0.717, 1.165) is 24.9 Å². The number of aryl methyl sites for hydroxylation is 1. The molecule has 1 atom stereocenters. The first-order chi connectivity index (χ1) is 9.70. The number of aromatic nitrogens is 1. The Labute approximate surface area is 120 Å². The third-order valence-corrected chi connectivity index (χ3v) is 3.42. The lowest BCUT2D eigenvalue weighted by molar-refractivity contribution is 0.523. The predicted octanol–water partition coefficient (Wildman–Crippen LogP) is 3.81. The van der Waals surface area contributed by atoms with E-state index in [0.29, 0.717) is 0 Å². The zero-order valence-corrected chi connectivity index (χ0v) is 12.1. The number of nitrogens with zero attached hydrogens (tertiary/aromatic N) is 1. The SMILES string of the molecule is CCCNC(Cc1cccc(F)c1)c1cnccc1C. The van der Waals surface area contributed by atoms with Crippen LogP contribution in [0.15, 0.2) is 42.7 Å². The lowest BCUT2D eigenvalue weighted by Gasteiger charge is -2.20. The molecule has 1 heterocycles. The summed E-state index contributed by atoms with van der Waals surface area (Å²) in [6.07, 6.45) is 5.54. The van der Waals surface area contributed by atoms with Crippen LogP contribution in [0.1, 0.15) is 36.1 Å². The van der Waals surface area contributed by atoms with Crippen molar-refractivity contribution in [1.29, 1.82) is 0 Å². The van der Waals surface area contributed by atoms with E-state index < -0.39 is 0 Å². The molecule has 20 heavy (non-hydrogen) atoms. The summed E-state index contributed by atoms with van der Waals surface area (Å²) in [6.45, 7) is 5.17. The highest BCUT2D eigenvalue weighted by molar-refractivity contribution is 5.28. The van der Waals surface area contributed by atoms with Crippen LogP contribution in [0.25, 0.3) is 0 Å². The second kappa shape index (κ2) is 7.15. The van der Waals surface area contributed by atoms with Gasteiger partial charge >= 0.3 is 0 Å². The lowest BCUT2D eigenvalue weighted by Crippen LogP contribution is -2.25. The van der Waals surface area contributed by atoms with Crippen molar-refractivity contribution < 1.29 is 4.39 Å². The van der Waals surface area contributed by atoms with Crippen LogP contribution in [0.3, 0.4) is 0 Å². The zero-order valence-electron chi connectivity index (χ0n) is 12.1. The highest BCUT2D eigenvalue weighted by atomic mass is 19.1. The Kier molecular flexibility index (Phi) is 5.24. The van der Waals surface area contributed by atoms with Crippen LogP contribution in [0, 0.1) is 12.7 Å². The van der Waals surface area contributed by atoms with Crippen LogP contribution >= 0.6 is 0 Å². The predicted molar refractivity (Wildman–Crippen MR) is 80.1 cm³/mol. The summed E-state index contributed by atoms with van der Waals surface area (Å²) in [6, 6.07) is 9.00. The monoisotopic (exact) mass is 272 g/mol. The van der Waals surface area contributed by atoms with Gasteiger partial charge in [0, 0.05) is 18.4 Å². The van der Waals surface area contributed by atoms with Crippen molar-refractivity contribution in [3.8, 4) is 0 Å². The van der Waals surface area contributed by atoms with E-state index in [9.17, 15) is 4.39 Å². The second-order valence-corrected chi connectivity index (χ2v) is 5.07. The van der Waals surface area contributed by atoms with E-state index in [-0.39, 0.29) is 11.9 Å². The fourth-order valence-corrected chi connectivity index (χ4v) is 2.35. The van der Waals surface area contributed by atoms with E-state index in [4.69, 9.17) is 0 Å². The molecule has 0 saturated heterocycles. The molecule has 1 unspecified atom stereocenters. The summed E-state index contributed by atoms with van der Waals surface area (Å²) in [5, 5.41) is 3.53. The number of nitrogens with one attached hydrogen (secondary N) is 1. The first-order valence-electron chi connectivity index (χ1n) is 7.09. The van der Waals surface area contributed by atoms with Crippen molar-refractivity contribution in [2.45, 2.75) is 32.7 Å². The Bertz CT molecular complexity index is 554. The second-order valence-electron chi connectivity index (χ2n) is 5.07. The number of benzene rings is 1. The fraction of sp³-hybridized carbons (Fsp3) is 0.353. The third kappa shape index (κ3) is 3.87. The molecule has 1 aromatic heterocycles. The Hall–Kier alpha value is -1.74. The van der Waals surface area contributed by atoms with Crippen LogP contribution in [0.4, 0.5) is 4.39 Å². The number of hydrogen-bond acceptors (Lipinski definition) is 2. The molecule has 1 aromatic carbocycles. The Morgan fingerprint density at radius 3 is 2.85 bits per heavy atom. The van der Waals surface area contributed by atoms with Crippen molar-refractivity contribution in [3.63, 3.8) is 0 Å². The minimum Gasteiger partial charge on any atom is -0.310 e. The van der Waals surface area contributed by atoms with Gasteiger partial charge in [-0.15, -0.1) is 0 Å². The molecule has 0 amide bonds. The smallest absolute Gasteiger partial charge is 0.123 e. The minimum absolute atomic E-state index is 0.172. The van der Waals surface area contributed by atoms with Crippen molar-refractivity contribution in [2.75, 3.05) is 6.54 Å². The number of hydrogen-bond donors (Lipinski definition) is 1. The molecule has 0 aliphatic rings. The maximum absolute atomic E-state index is 13.3. The summed E-state index contributed by atoms with van der Waals surface area (Å²) in [5.74, 6) is -0.181. The first-order valence-corrected chi connectivity index (χ1v) is 7.09. The molecule has 2 aromatic rings. The molecular weight excluding hydrogens is 251 g/mol. The molecule has 2 rings (SSSR count).